The minimum absolute atomic E-state index is 0.652. The van der Waals surface area contributed by atoms with E-state index in [-0.39, 0.29) is 0 Å². The Hall–Kier alpha value is -0.840. The quantitative estimate of drug-likeness (QED) is 0.896. The van der Waals surface area contributed by atoms with Gasteiger partial charge in [0.15, 0.2) is 0 Å². The van der Waals surface area contributed by atoms with Crippen LogP contribution in [0.5, 0.6) is 0 Å². The number of anilines is 2. The molecule has 0 unspecified atom stereocenters. The minimum atomic E-state index is 0.652. The van der Waals surface area contributed by atoms with Gasteiger partial charge in [-0.05, 0) is 34.7 Å². The van der Waals surface area contributed by atoms with Crippen molar-refractivity contribution in [1.82, 2.24) is 9.97 Å². The van der Waals surface area contributed by atoms with Crippen molar-refractivity contribution in [1.29, 1.82) is 0 Å². The number of rotatable bonds is 4. The fourth-order valence-electron chi connectivity index (χ4n) is 2.24. The van der Waals surface area contributed by atoms with Crippen molar-refractivity contribution in [3.05, 3.63) is 10.7 Å². The molecular weight excluding hydrogens is 280 g/mol. The lowest BCUT2D eigenvalue weighted by atomic mass is 9.89. The summed E-state index contributed by atoms with van der Waals surface area (Å²) in [5.74, 6) is 2.33. The minimum Gasteiger partial charge on any atom is -0.369 e. The SMILES string of the molecule is CNc1ncc(Br)c(NCC2CCCCC2)n1. The summed E-state index contributed by atoms with van der Waals surface area (Å²) in [5, 5.41) is 6.37. The Morgan fingerprint density at radius 1 is 1.35 bits per heavy atom. The van der Waals surface area contributed by atoms with E-state index in [1.54, 1.807) is 6.20 Å². The normalized spacial score (nSPS) is 16.8. The van der Waals surface area contributed by atoms with Crippen molar-refractivity contribution in [2.24, 2.45) is 5.92 Å². The second-order valence-corrected chi connectivity index (χ2v) is 5.38. The van der Waals surface area contributed by atoms with Crippen LogP contribution in [0.1, 0.15) is 32.1 Å². The Balaban J connectivity index is 1.92. The van der Waals surface area contributed by atoms with Gasteiger partial charge in [0.05, 0.1) is 4.47 Å². The van der Waals surface area contributed by atoms with Gasteiger partial charge < -0.3 is 10.6 Å². The molecule has 0 aromatic carbocycles. The largest absolute Gasteiger partial charge is 0.369 e. The summed E-state index contributed by atoms with van der Waals surface area (Å²) in [6.45, 7) is 1.01. The summed E-state index contributed by atoms with van der Waals surface area (Å²) in [5.41, 5.74) is 0. The van der Waals surface area contributed by atoms with Gasteiger partial charge in [0.2, 0.25) is 5.95 Å². The zero-order valence-corrected chi connectivity index (χ0v) is 11.8. The number of nitrogens with one attached hydrogen (secondary N) is 2. The van der Waals surface area contributed by atoms with Crippen LogP contribution in [0.15, 0.2) is 10.7 Å². The highest BCUT2D eigenvalue weighted by atomic mass is 79.9. The highest BCUT2D eigenvalue weighted by Gasteiger charge is 2.14. The molecule has 94 valence electrons. The van der Waals surface area contributed by atoms with E-state index in [0.29, 0.717) is 5.95 Å². The summed E-state index contributed by atoms with van der Waals surface area (Å²) in [6.07, 6.45) is 8.61. The number of aromatic nitrogens is 2. The van der Waals surface area contributed by atoms with Crippen LogP contribution in [-0.2, 0) is 0 Å². The molecule has 0 radical (unpaired) electrons. The third-order valence-corrected chi connectivity index (χ3v) is 3.83. The zero-order chi connectivity index (χ0) is 12.1. The molecule has 2 rings (SSSR count). The monoisotopic (exact) mass is 298 g/mol. The van der Waals surface area contributed by atoms with Crippen LogP contribution in [0.25, 0.3) is 0 Å². The van der Waals surface area contributed by atoms with Gasteiger partial charge in [-0.1, -0.05) is 19.3 Å². The number of halogens is 1. The number of nitrogens with zero attached hydrogens (tertiary/aromatic N) is 2. The first-order valence-corrected chi connectivity index (χ1v) is 7.03. The molecule has 0 atom stereocenters. The molecule has 1 aromatic rings. The van der Waals surface area contributed by atoms with E-state index in [1.807, 2.05) is 7.05 Å². The molecule has 0 saturated heterocycles. The van der Waals surface area contributed by atoms with Crippen LogP contribution >= 0.6 is 15.9 Å². The molecule has 5 heteroatoms. The molecule has 17 heavy (non-hydrogen) atoms. The van der Waals surface area contributed by atoms with Crippen molar-refractivity contribution in [2.45, 2.75) is 32.1 Å². The second-order valence-electron chi connectivity index (χ2n) is 4.53. The van der Waals surface area contributed by atoms with Gasteiger partial charge in [-0.15, -0.1) is 0 Å². The predicted octanol–water partition coefficient (Wildman–Crippen LogP) is 3.27. The van der Waals surface area contributed by atoms with Crippen molar-refractivity contribution in [3.8, 4) is 0 Å². The highest BCUT2D eigenvalue weighted by Crippen LogP contribution is 2.25. The Bertz CT molecular complexity index is 364. The number of hydrogen-bond acceptors (Lipinski definition) is 4. The zero-order valence-electron chi connectivity index (χ0n) is 10.2. The highest BCUT2D eigenvalue weighted by molar-refractivity contribution is 9.10. The van der Waals surface area contributed by atoms with E-state index in [2.05, 4.69) is 36.5 Å². The fraction of sp³-hybridized carbons (Fsp3) is 0.667. The lowest BCUT2D eigenvalue weighted by Crippen LogP contribution is -2.18. The molecule has 1 aromatic heterocycles. The fourth-order valence-corrected chi connectivity index (χ4v) is 2.58. The average molecular weight is 299 g/mol. The standard InChI is InChI=1S/C12H19BrN4/c1-14-12-16-8-10(13)11(17-12)15-7-9-5-3-2-4-6-9/h8-9H,2-7H2,1H3,(H2,14,15,16,17). The van der Waals surface area contributed by atoms with E-state index < -0.39 is 0 Å². The van der Waals surface area contributed by atoms with Crippen molar-refractivity contribution in [3.63, 3.8) is 0 Å². The van der Waals surface area contributed by atoms with Gasteiger partial charge in [-0.3, -0.25) is 0 Å². The van der Waals surface area contributed by atoms with Gasteiger partial charge in [0, 0.05) is 19.8 Å². The van der Waals surface area contributed by atoms with Crippen molar-refractivity contribution >= 4 is 27.7 Å². The van der Waals surface area contributed by atoms with E-state index in [1.165, 1.54) is 32.1 Å². The van der Waals surface area contributed by atoms with Crippen molar-refractivity contribution in [2.75, 3.05) is 24.2 Å². The van der Waals surface area contributed by atoms with E-state index in [9.17, 15) is 0 Å². The molecule has 1 fully saturated rings. The van der Waals surface area contributed by atoms with E-state index >= 15 is 0 Å². The maximum Gasteiger partial charge on any atom is 0.224 e. The molecule has 1 aliphatic rings. The Labute approximate surface area is 111 Å². The van der Waals surface area contributed by atoms with Crippen LogP contribution in [0.2, 0.25) is 0 Å². The summed E-state index contributed by atoms with van der Waals surface area (Å²) in [4.78, 5) is 8.54. The molecule has 1 saturated carbocycles. The summed E-state index contributed by atoms with van der Waals surface area (Å²) in [7, 11) is 1.83. The summed E-state index contributed by atoms with van der Waals surface area (Å²) >= 11 is 3.47. The molecule has 0 bridgehead atoms. The molecule has 4 nitrogen and oxygen atoms in total. The molecular formula is C12H19BrN4. The Morgan fingerprint density at radius 3 is 2.82 bits per heavy atom. The van der Waals surface area contributed by atoms with Gasteiger partial charge in [0.1, 0.15) is 5.82 Å². The third-order valence-electron chi connectivity index (χ3n) is 3.25. The summed E-state index contributed by atoms with van der Waals surface area (Å²) in [6, 6.07) is 0. The van der Waals surface area contributed by atoms with Crippen LogP contribution in [0.4, 0.5) is 11.8 Å². The van der Waals surface area contributed by atoms with Gasteiger partial charge >= 0.3 is 0 Å². The van der Waals surface area contributed by atoms with E-state index in [4.69, 9.17) is 0 Å². The maximum atomic E-state index is 4.39. The Morgan fingerprint density at radius 2 is 2.12 bits per heavy atom. The Kier molecular flexibility index (Phi) is 4.59. The molecule has 0 aliphatic heterocycles. The van der Waals surface area contributed by atoms with Gasteiger partial charge in [0.25, 0.3) is 0 Å². The predicted molar refractivity (Wildman–Crippen MR) is 74.3 cm³/mol. The first-order chi connectivity index (χ1) is 8.29. The summed E-state index contributed by atoms with van der Waals surface area (Å²) < 4.78 is 0.923. The van der Waals surface area contributed by atoms with Crippen LogP contribution in [0.3, 0.4) is 0 Å². The molecule has 0 spiro atoms. The van der Waals surface area contributed by atoms with Crippen LogP contribution < -0.4 is 10.6 Å². The first kappa shape index (κ1) is 12.6. The topological polar surface area (TPSA) is 49.8 Å². The van der Waals surface area contributed by atoms with Gasteiger partial charge in [-0.25, -0.2) is 4.98 Å². The van der Waals surface area contributed by atoms with Gasteiger partial charge in [-0.2, -0.15) is 4.98 Å². The second kappa shape index (κ2) is 6.19. The third kappa shape index (κ3) is 3.56. The molecule has 2 N–H and O–H groups in total. The lowest BCUT2D eigenvalue weighted by molar-refractivity contribution is 0.373. The first-order valence-electron chi connectivity index (χ1n) is 6.23. The smallest absolute Gasteiger partial charge is 0.224 e. The van der Waals surface area contributed by atoms with Crippen LogP contribution in [-0.4, -0.2) is 23.6 Å². The average Bonchev–Trinajstić information content (AvgIpc) is 2.39. The van der Waals surface area contributed by atoms with Crippen molar-refractivity contribution < 1.29 is 0 Å². The lowest BCUT2D eigenvalue weighted by Gasteiger charge is -2.22. The number of hydrogen-bond donors (Lipinski definition) is 2. The van der Waals surface area contributed by atoms with Crippen LogP contribution in [0, 0.1) is 5.92 Å². The molecule has 1 aliphatic carbocycles. The molecule has 1 heterocycles. The van der Waals surface area contributed by atoms with E-state index in [0.717, 1.165) is 22.8 Å². The molecule has 0 amide bonds. The maximum absolute atomic E-state index is 4.39.